The minimum Gasteiger partial charge on any atom is -0.497 e. The summed E-state index contributed by atoms with van der Waals surface area (Å²) in [6, 6.07) is 13.5. The van der Waals surface area contributed by atoms with Gasteiger partial charge in [0.05, 0.1) is 12.8 Å². The molecule has 0 saturated carbocycles. The number of anilines is 2. The molecule has 140 valence electrons. The molecule has 27 heavy (non-hydrogen) atoms. The normalized spacial score (nSPS) is 11.0. The summed E-state index contributed by atoms with van der Waals surface area (Å²) in [5, 5.41) is 10.1. The van der Waals surface area contributed by atoms with Crippen LogP contribution in [0.1, 0.15) is 15.9 Å². The Morgan fingerprint density at radius 1 is 1.11 bits per heavy atom. The van der Waals surface area contributed by atoms with Gasteiger partial charge < -0.3 is 4.74 Å². The summed E-state index contributed by atoms with van der Waals surface area (Å²) < 4.78 is 32.1. The van der Waals surface area contributed by atoms with E-state index in [2.05, 4.69) is 20.2 Å². The Bertz CT molecular complexity index is 1080. The van der Waals surface area contributed by atoms with Crippen molar-refractivity contribution >= 4 is 38.1 Å². The zero-order valence-electron chi connectivity index (χ0n) is 14.5. The molecule has 0 unspecified atom stereocenters. The number of sulfonamides is 1. The zero-order chi connectivity index (χ0) is 19.4. The van der Waals surface area contributed by atoms with Crippen molar-refractivity contribution < 1.29 is 17.9 Å². The number of aryl methyl sites for hydroxylation is 1. The summed E-state index contributed by atoms with van der Waals surface area (Å²) in [4.78, 5) is 12.3. The number of carbonyl (C=O) groups is 1. The van der Waals surface area contributed by atoms with Crippen LogP contribution in [0.15, 0.2) is 52.9 Å². The summed E-state index contributed by atoms with van der Waals surface area (Å²) >= 11 is 0.762. The number of hydrogen-bond acceptors (Lipinski definition) is 7. The maximum absolute atomic E-state index is 12.5. The number of hydrogen-bond donors (Lipinski definition) is 2. The number of nitrogens with zero attached hydrogens (tertiary/aromatic N) is 2. The average Bonchev–Trinajstić information content (AvgIpc) is 3.11. The minimum absolute atomic E-state index is 0.0919. The quantitative estimate of drug-likeness (QED) is 0.611. The number of carbonyl (C=O) groups excluding carboxylic acids is 1. The molecular weight excluding hydrogens is 388 g/mol. The van der Waals surface area contributed by atoms with Gasteiger partial charge in [0.25, 0.3) is 20.3 Å². The summed E-state index contributed by atoms with van der Waals surface area (Å²) in [5.74, 6) is 0.132. The second-order valence-corrected chi connectivity index (χ2v) is 8.31. The predicted molar refractivity (Wildman–Crippen MR) is 103 cm³/mol. The van der Waals surface area contributed by atoms with Crippen LogP contribution in [0.2, 0.25) is 0 Å². The second-order valence-electron chi connectivity index (χ2n) is 5.48. The molecular formula is C17H16N4O4S2. The Kier molecular flexibility index (Phi) is 5.38. The first-order valence-corrected chi connectivity index (χ1v) is 10.1. The van der Waals surface area contributed by atoms with Crippen LogP contribution in [0.4, 0.5) is 10.8 Å². The van der Waals surface area contributed by atoms with Gasteiger partial charge in [-0.25, -0.2) is 0 Å². The van der Waals surface area contributed by atoms with Crippen molar-refractivity contribution in [2.75, 3.05) is 17.1 Å². The number of nitrogens with one attached hydrogen (secondary N) is 2. The van der Waals surface area contributed by atoms with Gasteiger partial charge in [0.15, 0.2) is 0 Å². The lowest BCUT2D eigenvalue weighted by molar-refractivity contribution is 0.102. The van der Waals surface area contributed by atoms with Crippen molar-refractivity contribution in [1.29, 1.82) is 0 Å². The lowest BCUT2D eigenvalue weighted by atomic mass is 10.1. The van der Waals surface area contributed by atoms with E-state index in [9.17, 15) is 13.2 Å². The van der Waals surface area contributed by atoms with E-state index in [1.54, 1.807) is 36.4 Å². The molecule has 2 N–H and O–H groups in total. The van der Waals surface area contributed by atoms with Crippen molar-refractivity contribution in [3.63, 3.8) is 0 Å². The maximum Gasteiger partial charge on any atom is 0.291 e. The maximum atomic E-state index is 12.5. The molecule has 8 nitrogen and oxygen atoms in total. The molecule has 10 heteroatoms. The van der Waals surface area contributed by atoms with Gasteiger partial charge in [-0.3, -0.25) is 14.8 Å². The first-order chi connectivity index (χ1) is 12.9. The topological polar surface area (TPSA) is 110 Å². The van der Waals surface area contributed by atoms with Crippen LogP contribution in [0, 0.1) is 6.92 Å². The Balaban J connectivity index is 1.76. The molecule has 0 aliphatic rings. The highest BCUT2D eigenvalue weighted by molar-refractivity contribution is 7.94. The standard InChI is InChI=1S/C17H16N4O4S2/c1-11-6-3-4-9-14(11)15(22)18-16-19-20-17(26-16)27(23,24)21-12-7-5-8-13(10-12)25-2/h3-10,21H,1-2H3,(H,18,19,22). The predicted octanol–water partition coefficient (Wildman–Crippen LogP) is 2.91. The third-order valence-corrected chi connectivity index (χ3v) is 6.16. The van der Waals surface area contributed by atoms with E-state index in [0.717, 1.165) is 16.9 Å². The molecule has 0 aliphatic heterocycles. The van der Waals surface area contributed by atoms with E-state index < -0.39 is 10.0 Å². The number of amides is 1. The first kappa shape index (κ1) is 18.8. The van der Waals surface area contributed by atoms with Crippen molar-refractivity contribution in [3.05, 3.63) is 59.7 Å². The van der Waals surface area contributed by atoms with Crippen molar-refractivity contribution in [2.24, 2.45) is 0 Å². The van der Waals surface area contributed by atoms with Gasteiger partial charge in [-0.05, 0) is 30.7 Å². The Labute approximate surface area is 160 Å². The van der Waals surface area contributed by atoms with Gasteiger partial charge in [-0.15, -0.1) is 10.2 Å². The Morgan fingerprint density at radius 3 is 2.63 bits per heavy atom. The molecule has 0 saturated heterocycles. The summed E-state index contributed by atoms with van der Waals surface area (Å²) in [7, 11) is -2.45. The van der Waals surface area contributed by atoms with Gasteiger partial charge >= 0.3 is 0 Å². The largest absolute Gasteiger partial charge is 0.497 e. The minimum atomic E-state index is -3.94. The van der Waals surface area contributed by atoms with Crippen LogP contribution in [0.25, 0.3) is 0 Å². The monoisotopic (exact) mass is 404 g/mol. The zero-order valence-corrected chi connectivity index (χ0v) is 16.1. The lowest BCUT2D eigenvalue weighted by Crippen LogP contribution is -2.13. The number of rotatable bonds is 6. The molecule has 0 atom stereocenters. The van der Waals surface area contributed by atoms with E-state index in [4.69, 9.17) is 4.74 Å². The first-order valence-electron chi connectivity index (χ1n) is 7.76. The van der Waals surface area contributed by atoms with Gasteiger partial charge in [-0.2, -0.15) is 8.42 Å². The second kappa shape index (κ2) is 7.72. The fourth-order valence-corrected chi connectivity index (χ4v) is 4.19. The Hall–Kier alpha value is -2.98. The SMILES string of the molecule is COc1cccc(NS(=O)(=O)c2nnc(NC(=O)c3ccccc3C)s2)c1. The number of benzene rings is 2. The van der Waals surface area contributed by atoms with Crippen LogP contribution >= 0.6 is 11.3 Å². The molecule has 3 rings (SSSR count). The van der Waals surface area contributed by atoms with Gasteiger partial charge in [0.2, 0.25) is 5.13 Å². The van der Waals surface area contributed by atoms with Crippen molar-refractivity contribution in [2.45, 2.75) is 11.3 Å². The summed E-state index contributed by atoms with van der Waals surface area (Å²) in [6.07, 6.45) is 0. The van der Waals surface area contributed by atoms with Crippen LogP contribution in [0.3, 0.4) is 0 Å². The van der Waals surface area contributed by atoms with E-state index in [1.165, 1.54) is 7.11 Å². The fraction of sp³-hybridized carbons (Fsp3) is 0.118. The molecule has 1 heterocycles. The molecule has 0 fully saturated rings. The van der Waals surface area contributed by atoms with E-state index >= 15 is 0 Å². The van der Waals surface area contributed by atoms with Gasteiger partial charge in [0, 0.05) is 11.6 Å². The van der Waals surface area contributed by atoms with E-state index in [0.29, 0.717) is 17.0 Å². The third-order valence-electron chi connectivity index (χ3n) is 3.57. The smallest absolute Gasteiger partial charge is 0.291 e. The van der Waals surface area contributed by atoms with Crippen molar-refractivity contribution in [1.82, 2.24) is 10.2 Å². The molecule has 0 radical (unpaired) electrons. The summed E-state index contributed by atoms with van der Waals surface area (Å²) in [6.45, 7) is 1.81. The van der Waals surface area contributed by atoms with Gasteiger partial charge in [0.1, 0.15) is 5.75 Å². The molecule has 1 aromatic heterocycles. The van der Waals surface area contributed by atoms with Gasteiger partial charge in [-0.1, -0.05) is 35.6 Å². The van der Waals surface area contributed by atoms with Crippen molar-refractivity contribution in [3.8, 4) is 5.75 Å². The molecule has 3 aromatic rings. The molecule has 2 aromatic carbocycles. The van der Waals surface area contributed by atoms with Crippen LogP contribution in [-0.4, -0.2) is 31.6 Å². The fourth-order valence-electron chi connectivity index (χ4n) is 2.25. The third kappa shape index (κ3) is 4.41. The molecule has 1 amide bonds. The number of ether oxygens (including phenoxy) is 1. The molecule has 0 spiro atoms. The Morgan fingerprint density at radius 2 is 1.89 bits per heavy atom. The highest BCUT2D eigenvalue weighted by atomic mass is 32.2. The highest BCUT2D eigenvalue weighted by Gasteiger charge is 2.21. The van der Waals surface area contributed by atoms with Crippen LogP contribution in [0.5, 0.6) is 5.75 Å². The average molecular weight is 404 g/mol. The summed E-state index contributed by atoms with van der Waals surface area (Å²) in [5.41, 5.74) is 1.61. The molecule has 0 bridgehead atoms. The highest BCUT2D eigenvalue weighted by Crippen LogP contribution is 2.25. The van der Waals surface area contributed by atoms with E-state index in [-0.39, 0.29) is 15.4 Å². The number of aromatic nitrogens is 2. The van der Waals surface area contributed by atoms with Crippen LogP contribution < -0.4 is 14.8 Å². The van der Waals surface area contributed by atoms with E-state index in [1.807, 2.05) is 19.1 Å². The molecule has 0 aliphatic carbocycles. The number of methoxy groups -OCH3 is 1. The van der Waals surface area contributed by atoms with Crippen LogP contribution in [-0.2, 0) is 10.0 Å². The lowest BCUT2D eigenvalue weighted by Gasteiger charge is -2.06.